The highest BCUT2D eigenvalue weighted by atomic mass is 35.5. The lowest BCUT2D eigenvalue weighted by Crippen LogP contribution is -2.40. The Morgan fingerprint density at radius 3 is 2.68 bits per heavy atom. The number of hydrogen-bond donors (Lipinski definition) is 1. The number of para-hydroxylation sites is 1. The third-order valence-corrected chi connectivity index (χ3v) is 4.65. The van der Waals surface area contributed by atoms with Crippen LogP contribution >= 0.6 is 11.6 Å². The molecule has 132 valence electrons. The summed E-state index contributed by atoms with van der Waals surface area (Å²) in [6, 6.07) is 11.3. The van der Waals surface area contributed by atoms with Gasteiger partial charge in [-0.2, -0.15) is 0 Å². The first kappa shape index (κ1) is 17.5. The van der Waals surface area contributed by atoms with Crippen molar-refractivity contribution >= 4 is 23.3 Å². The molecule has 1 aliphatic rings. The van der Waals surface area contributed by atoms with Crippen LogP contribution in [0.3, 0.4) is 0 Å². The van der Waals surface area contributed by atoms with Crippen molar-refractivity contribution in [2.75, 3.05) is 25.1 Å². The summed E-state index contributed by atoms with van der Waals surface area (Å²) in [5.41, 5.74) is 0.979. The lowest BCUT2D eigenvalue weighted by Gasteiger charge is -2.31. The topological polar surface area (TPSA) is 67.3 Å². The molecule has 0 saturated carbocycles. The highest BCUT2D eigenvalue weighted by Gasteiger charge is 2.25. The van der Waals surface area contributed by atoms with Crippen molar-refractivity contribution in [3.63, 3.8) is 0 Å². The van der Waals surface area contributed by atoms with Gasteiger partial charge in [0, 0.05) is 31.1 Å². The molecule has 1 aromatic carbocycles. The summed E-state index contributed by atoms with van der Waals surface area (Å²) >= 11 is 5.77. The van der Waals surface area contributed by atoms with Gasteiger partial charge in [0.2, 0.25) is 5.91 Å². The molecule has 0 bridgehead atoms. The normalized spacial score (nSPS) is 15.0. The molecule has 1 fully saturated rings. The van der Waals surface area contributed by atoms with Crippen LogP contribution in [0.2, 0.25) is 5.15 Å². The number of halogens is 1. The van der Waals surface area contributed by atoms with Gasteiger partial charge in [0.1, 0.15) is 5.75 Å². The molecule has 25 heavy (non-hydrogen) atoms. The van der Waals surface area contributed by atoms with Crippen LogP contribution in [0.25, 0.3) is 0 Å². The van der Waals surface area contributed by atoms with E-state index in [0.717, 1.165) is 43.1 Å². The predicted molar refractivity (Wildman–Crippen MR) is 96.8 cm³/mol. The van der Waals surface area contributed by atoms with E-state index in [-0.39, 0.29) is 11.8 Å². The summed E-state index contributed by atoms with van der Waals surface area (Å²) in [5.74, 6) is 1.70. The lowest BCUT2D eigenvalue weighted by atomic mass is 9.96. The molecular formula is C18H21ClN4O2. The van der Waals surface area contributed by atoms with Crippen LogP contribution in [0.4, 0.5) is 5.82 Å². The van der Waals surface area contributed by atoms with E-state index in [1.165, 1.54) is 0 Å². The Kier molecular flexibility index (Phi) is 5.71. The Bertz CT molecular complexity index is 715. The Hall–Kier alpha value is -2.34. The molecule has 0 atom stereocenters. The second-order valence-corrected chi connectivity index (χ2v) is 6.39. The van der Waals surface area contributed by atoms with Crippen LogP contribution in [0.1, 0.15) is 18.4 Å². The second kappa shape index (κ2) is 8.16. The van der Waals surface area contributed by atoms with Crippen LogP contribution in [-0.2, 0) is 11.3 Å². The molecular weight excluding hydrogens is 340 g/mol. The van der Waals surface area contributed by atoms with Gasteiger partial charge in [0.25, 0.3) is 0 Å². The zero-order valence-corrected chi connectivity index (χ0v) is 14.9. The second-order valence-electron chi connectivity index (χ2n) is 6.01. The quantitative estimate of drug-likeness (QED) is 0.887. The van der Waals surface area contributed by atoms with E-state index in [0.29, 0.717) is 11.7 Å². The Balaban J connectivity index is 1.50. The van der Waals surface area contributed by atoms with Crippen LogP contribution in [0.5, 0.6) is 5.75 Å². The van der Waals surface area contributed by atoms with Crippen molar-refractivity contribution < 1.29 is 9.53 Å². The Morgan fingerprint density at radius 1 is 1.24 bits per heavy atom. The number of methoxy groups -OCH3 is 1. The molecule has 2 aromatic rings. The van der Waals surface area contributed by atoms with E-state index in [9.17, 15) is 4.79 Å². The number of carbonyl (C=O) groups is 1. The van der Waals surface area contributed by atoms with Crippen molar-refractivity contribution in [2.24, 2.45) is 5.92 Å². The van der Waals surface area contributed by atoms with Gasteiger partial charge in [-0.05, 0) is 31.0 Å². The minimum atomic E-state index is 0.0196. The number of amides is 1. The molecule has 0 aliphatic carbocycles. The van der Waals surface area contributed by atoms with Gasteiger partial charge in [-0.25, -0.2) is 0 Å². The maximum Gasteiger partial charge on any atom is 0.223 e. The van der Waals surface area contributed by atoms with Crippen molar-refractivity contribution in [1.82, 2.24) is 15.5 Å². The van der Waals surface area contributed by atoms with Crippen LogP contribution in [0, 0.1) is 5.92 Å². The molecule has 1 aliphatic heterocycles. The number of anilines is 1. The standard InChI is InChI=1S/C18H21ClN4O2/c1-25-15-5-3-2-4-14(15)12-20-18(24)13-8-10-23(11-9-13)17-7-6-16(19)21-22-17/h2-7,13H,8-12H2,1H3,(H,20,24). The van der Waals surface area contributed by atoms with Gasteiger partial charge in [0.05, 0.1) is 7.11 Å². The van der Waals surface area contributed by atoms with E-state index >= 15 is 0 Å². The number of ether oxygens (including phenoxy) is 1. The van der Waals surface area contributed by atoms with E-state index in [1.807, 2.05) is 30.3 Å². The van der Waals surface area contributed by atoms with Crippen molar-refractivity contribution in [3.8, 4) is 5.75 Å². The molecule has 0 unspecified atom stereocenters. The van der Waals surface area contributed by atoms with Gasteiger partial charge in [-0.15, -0.1) is 10.2 Å². The van der Waals surface area contributed by atoms with Gasteiger partial charge in [-0.1, -0.05) is 29.8 Å². The van der Waals surface area contributed by atoms with Crippen molar-refractivity contribution in [3.05, 3.63) is 47.1 Å². The molecule has 6 nitrogen and oxygen atoms in total. The molecule has 1 amide bonds. The third-order valence-electron chi connectivity index (χ3n) is 4.45. The number of carbonyl (C=O) groups excluding carboxylic acids is 1. The summed E-state index contributed by atoms with van der Waals surface area (Å²) in [6.45, 7) is 2.04. The van der Waals surface area contributed by atoms with Crippen LogP contribution in [0.15, 0.2) is 36.4 Å². The first-order chi connectivity index (χ1) is 12.2. The third kappa shape index (κ3) is 4.39. The SMILES string of the molecule is COc1ccccc1CNC(=O)C1CCN(c2ccc(Cl)nn2)CC1. The Labute approximate surface area is 152 Å². The number of rotatable bonds is 5. The number of benzene rings is 1. The molecule has 1 N–H and O–H groups in total. The minimum absolute atomic E-state index is 0.0196. The van der Waals surface area contributed by atoms with Crippen LogP contribution < -0.4 is 15.0 Å². The van der Waals surface area contributed by atoms with E-state index in [1.54, 1.807) is 13.2 Å². The molecule has 1 aromatic heterocycles. The summed E-state index contributed by atoms with van der Waals surface area (Å²) in [4.78, 5) is 14.6. The van der Waals surface area contributed by atoms with E-state index in [2.05, 4.69) is 20.4 Å². The van der Waals surface area contributed by atoms with Gasteiger partial charge in [0.15, 0.2) is 11.0 Å². The summed E-state index contributed by atoms with van der Waals surface area (Å²) < 4.78 is 5.31. The minimum Gasteiger partial charge on any atom is -0.496 e. The number of hydrogen-bond acceptors (Lipinski definition) is 5. The fourth-order valence-electron chi connectivity index (χ4n) is 3.02. The van der Waals surface area contributed by atoms with Gasteiger partial charge < -0.3 is 15.0 Å². The fraction of sp³-hybridized carbons (Fsp3) is 0.389. The van der Waals surface area contributed by atoms with Gasteiger partial charge >= 0.3 is 0 Å². The number of aromatic nitrogens is 2. The number of piperidine rings is 1. The summed E-state index contributed by atoms with van der Waals surface area (Å²) in [5, 5.41) is 11.4. The number of nitrogens with one attached hydrogen (secondary N) is 1. The molecule has 0 radical (unpaired) electrons. The van der Waals surface area contributed by atoms with Crippen molar-refractivity contribution in [1.29, 1.82) is 0 Å². The zero-order valence-electron chi connectivity index (χ0n) is 14.1. The van der Waals surface area contributed by atoms with E-state index < -0.39 is 0 Å². The highest BCUT2D eigenvalue weighted by Crippen LogP contribution is 2.23. The lowest BCUT2D eigenvalue weighted by molar-refractivity contribution is -0.125. The molecule has 7 heteroatoms. The summed E-state index contributed by atoms with van der Waals surface area (Å²) in [7, 11) is 1.63. The predicted octanol–water partition coefficient (Wildman–Crippen LogP) is 2.67. The average Bonchev–Trinajstić information content (AvgIpc) is 2.67. The molecule has 0 spiro atoms. The highest BCUT2D eigenvalue weighted by molar-refractivity contribution is 6.29. The maximum absolute atomic E-state index is 12.4. The smallest absolute Gasteiger partial charge is 0.223 e. The summed E-state index contributed by atoms with van der Waals surface area (Å²) in [6.07, 6.45) is 1.59. The first-order valence-electron chi connectivity index (χ1n) is 8.31. The largest absolute Gasteiger partial charge is 0.496 e. The molecule has 3 rings (SSSR count). The first-order valence-corrected chi connectivity index (χ1v) is 8.69. The maximum atomic E-state index is 12.4. The van der Waals surface area contributed by atoms with Crippen LogP contribution in [-0.4, -0.2) is 36.3 Å². The average molecular weight is 361 g/mol. The van der Waals surface area contributed by atoms with E-state index in [4.69, 9.17) is 16.3 Å². The molecule has 1 saturated heterocycles. The Morgan fingerprint density at radius 2 is 2.00 bits per heavy atom. The fourth-order valence-corrected chi connectivity index (χ4v) is 3.12. The van der Waals surface area contributed by atoms with Crippen molar-refractivity contribution in [2.45, 2.75) is 19.4 Å². The molecule has 2 heterocycles. The zero-order chi connectivity index (χ0) is 17.6. The van der Waals surface area contributed by atoms with Gasteiger partial charge in [-0.3, -0.25) is 4.79 Å². The number of nitrogens with zero attached hydrogens (tertiary/aromatic N) is 3. The monoisotopic (exact) mass is 360 g/mol.